The fraction of sp³-hybridized carbons (Fsp3) is 0.417. The molecule has 1 saturated carbocycles. The summed E-state index contributed by atoms with van der Waals surface area (Å²) in [6.07, 6.45) is 11.2. The second-order valence-corrected chi connectivity index (χ2v) is 12.5. The van der Waals surface area contributed by atoms with Gasteiger partial charge in [0.25, 0.3) is 10.0 Å². The summed E-state index contributed by atoms with van der Waals surface area (Å²) in [6.45, 7) is 2.12. The summed E-state index contributed by atoms with van der Waals surface area (Å²) in [4.78, 5) is 9.25. The molecule has 1 saturated heterocycles. The molecule has 0 amide bonds. The van der Waals surface area contributed by atoms with Gasteiger partial charge < -0.3 is 5.73 Å². The minimum Gasteiger partial charge on any atom is -0.399 e. The van der Waals surface area contributed by atoms with E-state index in [0.717, 1.165) is 39.8 Å². The van der Waals surface area contributed by atoms with E-state index in [2.05, 4.69) is 27.6 Å². The Kier molecular flexibility index (Phi) is 5.40. The van der Waals surface area contributed by atoms with Gasteiger partial charge in [-0.2, -0.15) is 14.3 Å². The Balaban J connectivity index is 1.49. The summed E-state index contributed by atoms with van der Waals surface area (Å²) in [5.74, 6) is 0.397. The van der Waals surface area contributed by atoms with Crippen molar-refractivity contribution in [3.05, 3.63) is 41.4 Å². The Morgan fingerprint density at radius 3 is 2.54 bits per heavy atom. The third-order valence-electron chi connectivity index (χ3n) is 7.28. The molecule has 194 valence electrons. The maximum atomic E-state index is 11.9. The van der Waals surface area contributed by atoms with Gasteiger partial charge in [-0.05, 0) is 31.9 Å². The molecule has 1 aliphatic carbocycles. The van der Waals surface area contributed by atoms with Gasteiger partial charge in [0.1, 0.15) is 5.66 Å². The number of nitrogens with zero attached hydrogens (tertiary/aromatic N) is 6. The van der Waals surface area contributed by atoms with Crippen LogP contribution in [0.25, 0.3) is 33.5 Å². The summed E-state index contributed by atoms with van der Waals surface area (Å²) in [5, 5.41) is 17.5. The van der Waals surface area contributed by atoms with Crippen molar-refractivity contribution in [3.63, 3.8) is 0 Å². The van der Waals surface area contributed by atoms with Crippen LogP contribution in [-0.2, 0) is 22.7 Å². The zero-order valence-corrected chi connectivity index (χ0v) is 22.4. The molecule has 4 heterocycles. The Hall–Kier alpha value is -3.06. The molecule has 4 N–H and O–H groups in total. The first-order chi connectivity index (χ1) is 17.5. The van der Waals surface area contributed by atoms with Gasteiger partial charge in [0.15, 0.2) is 5.82 Å². The predicted molar refractivity (Wildman–Crippen MR) is 142 cm³/mol. The molecule has 1 spiro atoms. The van der Waals surface area contributed by atoms with Crippen LogP contribution in [0.5, 0.6) is 0 Å². The first-order valence-electron chi connectivity index (χ1n) is 12.1. The third kappa shape index (κ3) is 3.99. The number of aryl methyl sites for hydroxylation is 1. The highest BCUT2D eigenvalue weighted by Gasteiger charge is 2.53. The minimum atomic E-state index is -3.55. The van der Waals surface area contributed by atoms with Crippen molar-refractivity contribution in [3.8, 4) is 22.6 Å². The van der Waals surface area contributed by atoms with Crippen LogP contribution in [0.3, 0.4) is 0 Å². The van der Waals surface area contributed by atoms with Crippen molar-refractivity contribution in [2.45, 2.75) is 50.4 Å². The third-order valence-corrected chi connectivity index (χ3v) is 8.43. The number of anilines is 1. The first-order valence-corrected chi connectivity index (χ1v) is 14.3. The molecule has 2 fully saturated rings. The Morgan fingerprint density at radius 2 is 1.86 bits per heavy atom. The van der Waals surface area contributed by atoms with Crippen molar-refractivity contribution < 1.29 is 8.42 Å². The molecule has 0 unspecified atom stereocenters. The lowest BCUT2D eigenvalue weighted by atomic mass is 9.80. The lowest BCUT2D eigenvalue weighted by molar-refractivity contribution is -0.0334. The van der Waals surface area contributed by atoms with E-state index >= 15 is 0 Å². The molecule has 0 atom stereocenters. The highest BCUT2D eigenvalue weighted by Crippen LogP contribution is 2.44. The van der Waals surface area contributed by atoms with E-state index in [4.69, 9.17) is 27.4 Å². The maximum absolute atomic E-state index is 11.9. The number of rotatable bonds is 4. The topological polar surface area (TPSA) is 146 Å². The number of benzene rings is 1. The van der Waals surface area contributed by atoms with E-state index in [1.165, 1.54) is 37.9 Å². The Morgan fingerprint density at radius 1 is 1.14 bits per heavy atom. The second-order valence-electron chi connectivity index (χ2n) is 10.2. The SMILES string of the molecule is Cn1nc2cc(N)cc(-c3ncc(Cl)c(-c4cnn(S(C)(=O)=O)c4)n3)c2c1C1(C)NC2(CCCCC2)N1. The lowest BCUT2D eigenvalue weighted by Gasteiger charge is -2.59. The van der Waals surface area contributed by atoms with Gasteiger partial charge in [-0.3, -0.25) is 15.3 Å². The molecule has 2 aliphatic rings. The highest BCUT2D eigenvalue weighted by molar-refractivity contribution is 7.89. The zero-order chi connectivity index (χ0) is 26.2. The van der Waals surface area contributed by atoms with Crippen LogP contribution in [0.1, 0.15) is 44.7 Å². The largest absolute Gasteiger partial charge is 0.399 e. The van der Waals surface area contributed by atoms with Crippen LogP contribution in [0.2, 0.25) is 5.02 Å². The van der Waals surface area contributed by atoms with Gasteiger partial charge in [-0.25, -0.2) is 18.4 Å². The van der Waals surface area contributed by atoms with E-state index in [1.807, 2.05) is 23.9 Å². The maximum Gasteiger partial charge on any atom is 0.250 e. The number of nitrogen functional groups attached to an aromatic ring is 1. The minimum absolute atomic E-state index is 0.0543. The quantitative estimate of drug-likeness (QED) is 0.332. The van der Waals surface area contributed by atoms with Gasteiger partial charge >= 0.3 is 0 Å². The van der Waals surface area contributed by atoms with E-state index in [9.17, 15) is 8.42 Å². The normalized spacial score (nSPS) is 18.8. The van der Waals surface area contributed by atoms with Crippen LogP contribution in [0.15, 0.2) is 30.7 Å². The number of halogens is 1. The van der Waals surface area contributed by atoms with Crippen molar-refractivity contribution in [2.75, 3.05) is 12.0 Å². The lowest BCUT2D eigenvalue weighted by Crippen LogP contribution is -2.82. The summed E-state index contributed by atoms with van der Waals surface area (Å²) >= 11 is 6.44. The highest BCUT2D eigenvalue weighted by atomic mass is 35.5. The molecule has 4 aromatic rings. The summed E-state index contributed by atoms with van der Waals surface area (Å²) in [7, 11) is -1.63. The molecule has 6 rings (SSSR count). The number of nitrogens with one attached hydrogen (secondary N) is 2. The molecular formula is C24H28ClN9O2S. The summed E-state index contributed by atoms with van der Waals surface area (Å²) < 4.78 is 26.6. The molecule has 0 radical (unpaired) electrons. The van der Waals surface area contributed by atoms with Crippen LogP contribution in [0, 0.1) is 0 Å². The fourth-order valence-corrected chi connectivity index (χ4v) is 6.61. The van der Waals surface area contributed by atoms with Gasteiger partial charge in [0, 0.05) is 29.2 Å². The van der Waals surface area contributed by atoms with E-state index in [0.29, 0.717) is 28.3 Å². The number of nitrogens with two attached hydrogens (primary N) is 1. The molecule has 1 aliphatic heterocycles. The fourth-order valence-electron chi connectivity index (χ4n) is 5.89. The van der Waals surface area contributed by atoms with Gasteiger partial charge in [-0.15, -0.1) is 0 Å². The molecule has 37 heavy (non-hydrogen) atoms. The van der Waals surface area contributed by atoms with E-state index in [1.54, 1.807) is 0 Å². The first kappa shape index (κ1) is 24.3. The Labute approximate surface area is 219 Å². The van der Waals surface area contributed by atoms with Crippen LogP contribution >= 0.6 is 11.6 Å². The van der Waals surface area contributed by atoms with Crippen molar-refractivity contribution in [2.24, 2.45) is 7.05 Å². The molecule has 13 heteroatoms. The standard InChI is InChI=1S/C24H28ClN9O2S/c1-23(31-24(32-23)7-5-4-6-8-24)21-19-16(9-15(26)10-18(19)30-33(21)2)22-27-12-17(25)20(29-22)14-11-28-34(13-14)37(3,35)36/h9-13,31-32H,4-8,26H2,1-3H3. The Bertz CT molecular complexity index is 1650. The van der Waals surface area contributed by atoms with Crippen molar-refractivity contribution in [1.29, 1.82) is 0 Å². The molecule has 11 nitrogen and oxygen atoms in total. The van der Waals surface area contributed by atoms with Gasteiger partial charge in [0.2, 0.25) is 0 Å². The number of aromatic nitrogens is 6. The van der Waals surface area contributed by atoms with Crippen LogP contribution < -0.4 is 16.4 Å². The second kappa shape index (κ2) is 8.22. The number of fused-ring (bicyclic) bond motifs is 1. The average Bonchev–Trinajstić information content (AvgIpc) is 3.43. The smallest absolute Gasteiger partial charge is 0.250 e. The average molecular weight is 542 g/mol. The molecule has 1 aromatic carbocycles. The van der Waals surface area contributed by atoms with Crippen molar-refractivity contribution >= 4 is 38.2 Å². The molecular weight excluding hydrogens is 514 g/mol. The zero-order valence-electron chi connectivity index (χ0n) is 20.8. The summed E-state index contributed by atoms with van der Waals surface area (Å²) in [6, 6.07) is 3.67. The van der Waals surface area contributed by atoms with Crippen LogP contribution in [-0.4, -0.2) is 49.3 Å². The van der Waals surface area contributed by atoms with E-state index in [-0.39, 0.29) is 10.7 Å². The van der Waals surface area contributed by atoms with Crippen LogP contribution in [0.4, 0.5) is 5.69 Å². The molecule has 0 bridgehead atoms. The predicted octanol–water partition coefficient (Wildman–Crippen LogP) is 2.96. The van der Waals surface area contributed by atoms with Gasteiger partial charge in [-0.1, -0.05) is 30.9 Å². The number of hydrogen-bond donors (Lipinski definition) is 3. The summed E-state index contributed by atoms with van der Waals surface area (Å²) in [5.41, 5.74) is 9.47. The van der Waals surface area contributed by atoms with E-state index < -0.39 is 15.7 Å². The monoisotopic (exact) mass is 541 g/mol. The molecule has 3 aromatic heterocycles. The van der Waals surface area contributed by atoms with Gasteiger partial charge in [0.05, 0.1) is 52.4 Å². The van der Waals surface area contributed by atoms with Crippen molar-refractivity contribution in [1.82, 2.24) is 39.6 Å². The number of hydrogen-bond acceptors (Lipinski definition) is 9.